The average Bonchev–Trinajstić information content (AvgIpc) is 3.17. The van der Waals surface area contributed by atoms with Crippen molar-refractivity contribution in [3.63, 3.8) is 0 Å². The quantitative estimate of drug-likeness (QED) is 0.833. The number of likely N-dealkylation sites (tertiary alicyclic amines) is 1. The number of β-amino-alcohol motifs (C(OH)–C–C–N with tert-alkyl or cyclic N) is 1. The first kappa shape index (κ1) is 16.6. The molecular weight excluding hydrogens is 310 g/mol. The minimum Gasteiger partial charge on any atom is -0.387 e. The van der Waals surface area contributed by atoms with Gasteiger partial charge in [0, 0.05) is 50.2 Å². The Balaban J connectivity index is 1.51. The maximum Gasteiger partial charge on any atom is 0.246 e. The molecule has 1 aromatic rings. The monoisotopic (exact) mass is 335 g/mol. The van der Waals surface area contributed by atoms with E-state index in [-0.39, 0.29) is 5.91 Å². The Morgan fingerprint density at radius 3 is 2.83 bits per heavy atom. The number of likely N-dealkylation sites (N-methyl/N-ethyl adjacent to an activating group) is 1. The number of nitrogens with zero attached hydrogens (tertiary/aromatic N) is 3. The molecule has 6 heteroatoms. The number of amides is 1. The lowest BCUT2D eigenvalue weighted by Gasteiger charge is -2.36. The van der Waals surface area contributed by atoms with E-state index in [1.807, 2.05) is 23.6 Å². The maximum atomic E-state index is 12.3. The predicted octanol–water partition coefficient (Wildman–Crippen LogP) is 0.972. The van der Waals surface area contributed by atoms with E-state index in [9.17, 15) is 9.90 Å². The van der Waals surface area contributed by atoms with Crippen molar-refractivity contribution < 1.29 is 9.90 Å². The Labute approximate surface area is 141 Å². The lowest BCUT2D eigenvalue weighted by atomic mass is 10.0. The molecule has 3 heterocycles. The van der Waals surface area contributed by atoms with Crippen LogP contribution < -0.4 is 0 Å². The molecule has 0 bridgehead atoms. The van der Waals surface area contributed by atoms with Crippen LogP contribution >= 0.6 is 11.3 Å². The van der Waals surface area contributed by atoms with Crippen molar-refractivity contribution in [3.05, 3.63) is 28.5 Å². The van der Waals surface area contributed by atoms with E-state index in [0.717, 1.165) is 31.1 Å². The second-order valence-corrected chi connectivity index (χ2v) is 7.64. The molecule has 2 fully saturated rings. The molecule has 2 saturated heterocycles. The Hall–Kier alpha value is -1.21. The number of piperazine rings is 1. The van der Waals surface area contributed by atoms with Crippen LogP contribution in [-0.4, -0.2) is 84.2 Å². The van der Waals surface area contributed by atoms with Gasteiger partial charge in [0.1, 0.15) is 0 Å². The largest absolute Gasteiger partial charge is 0.387 e. The fraction of sp³-hybridized carbons (Fsp3) is 0.588. The zero-order valence-electron chi connectivity index (χ0n) is 13.6. The molecule has 1 atom stereocenters. The maximum absolute atomic E-state index is 12.3. The lowest BCUT2D eigenvalue weighted by molar-refractivity contribution is -0.126. The van der Waals surface area contributed by atoms with E-state index < -0.39 is 5.60 Å². The number of carbonyl (C=O) groups is 1. The molecule has 0 aliphatic carbocycles. The predicted molar refractivity (Wildman–Crippen MR) is 93.4 cm³/mol. The van der Waals surface area contributed by atoms with Crippen LogP contribution in [0, 0.1) is 0 Å². The van der Waals surface area contributed by atoms with Gasteiger partial charge < -0.3 is 14.9 Å². The molecule has 0 spiro atoms. The van der Waals surface area contributed by atoms with Crippen molar-refractivity contribution in [1.82, 2.24) is 14.7 Å². The minimum atomic E-state index is -0.762. The summed E-state index contributed by atoms with van der Waals surface area (Å²) in [7, 11) is 2.13. The van der Waals surface area contributed by atoms with Gasteiger partial charge in [-0.05, 0) is 31.0 Å². The van der Waals surface area contributed by atoms with Gasteiger partial charge in [0.25, 0.3) is 0 Å². The Kier molecular flexibility index (Phi) is 5.16. The van der Waals surface area contributed by atoms with Gasteiger partial charge >= 0.3 is 0 Å². The van der Waals surface area contributed by atoms with Gasteiger partial charge in [-0.3, -0.25) is 9.69 Å². The summed E-state index contributed by atoms with van der Waals surface area (Å²) in [5.74, 6) is -0.00676. The van der Waals surface area contributed by atoms with Gasteiger partial charge in [0.15, 0.2) is 0 Å². The summed E-state index contributed by atoms with van der Waals surface area (Å²) in [6.07, 6.45) is 4.14. The first-order valence-corrected chi connectivity index (χ1v) is 9.06. The summed E-state index contributed by atoms with van der Waals surface area (Å²) in [6.45, 7) is 5.81. The number of hydrogen-bond donors (Lipinski definition) is 1. The highest BCUT2D eigenvalue weighted by Gasteiger charge is 2.39. The van der Waals surface area contributed by atoms with Crippen LogP contribution in [0.4, 0.5) is 0 Å². The standard InChI is InChI=1S/C17H25N3O2S/c1-18-8-10-19(11-9-18)13-17(22)6-7-20(14-17)16(21)5-4-15-3-2-12-23-15/h2-5,12,22H,6-11,13-14H2,1H3/b5-4+/t17-/m1/s1. The van der Waals surface area contributed by atoms with Gasteiger partial charge in [0.05, 0.1) is 12.1 Å². The Morgan fingerprint density at radius 2 is 2.13 bits per heavy atom. The second-order valence-electron chi connectivity index (χ2n) is 6.66. The van der Waals surface area contributed by atoms with Crippen LogP contribution in [0.5, 0.6) is 0 Å². The highest BCUT2D eigenvalue weighted by Crippen LogP contribution is 2.23. The summed E-state index contributed by atoms with van der Waals surface area (Å²) in [5.41, 5.74) is -0.762. The molecule has 3 rings (SSSR count). The van der Waals surface area contributed by atoms with Gasteiger partial charge in [-0.25, -0.2) is 0 Å². The summed E-state index contributed by atoms with van der Waals surface area (Å²) in [6, 6.07) is 3.96. The van der Waals surface area contributed by atoms with E-state index in [1.165, 1.54) is 0 Å². The van der Waals surface area contributed by atoms with Crippen molar-refractivity contribution in [3.8, 4) is 0 Å². The van der Waals surface area contributed by atoms with Crippen molar-refractivity contribution >= 4 is 23.3 Å². The summed E-state index contributed by atoms with van der Waals surface area (Å²) in [4.78, 5) is 19.7. The van der Waals surface area contributed by atoms with E-state index in [1.54, 1.807) is 22.3 Å². The fourth-order valence-corrected chi connectivity index (χ4v) is 3.86. The zero-order valence-corrected chi connectivity index (χ0v) is 14.5. The van der Waals surface area contributed by atoms with Crippen LogP contribution in [0.3, 0.4) is 0 Å². The van der Waals surface area contributed by atoms with E-state index in [4.69, 9.17) is 0 Å². The first-order chi connectivity index (χ1) is 11.0. The SMILES string of the molecule is CN1CCN(C[C@]2(O)CCN(C(=O)/C=C/c3cccs3)C2)CC1. The van der Waals surface area contributed by atoms with E-state index >= 15 is 0 Å². The lowest BCUT2D eigenvalue weighted by Crippen LogP contribution is -2.52. The number of carbonyl (C=O) groups excluding carboxylic acids is 1. The molecule has 0 radical (unpaired) electrons. The van der Waals surface area contributed by atoms with Crippen molar-refractivity contribution in [1.29, 1.82) is 0 Å². The van der Waals surface area contributed by atoms with Crippen LogP contribution in [0.15, 0.2) is 23.6 Å². The molecule has 2 aliphatic rings. The normalized spacial score (nSPS) is 27.1. The molecule has 23 heavy (non-hydrogen) atoms. The number of rotatable bonds is 4. The van der Waals surface area contributed by atoms with Crippen LogP contribution in [0.25, 0.3) is 6.08 Å². The molecule has 0 saturated carbocycles. The van der Waals surface area contributed by atoms with Crippen LogP contribution in [0.1, 0.15) is 11.3 Å². The number of thiophene rings is 1. The third-order valence-corrected chi connectivity index (χ3v) is 5.53. The summed E-state index contributed by atoms with van der Waals surface area (Å²) >= 11 is 1.61. The third-order valence-electron chi connectivity index (χ3n) is 4.69. The van der Waals surface area contributed by atoms with Crippen LogP contribution in [-0.2, 0) is 4.79 Å². The summed E-state index contributed by atoms with van der Waals surface area (Å²) < 4.78 is 0. The van der Waals surface area contributed by atoms with Crippen LogP contribution in [0.2, 0.25) is 0 Å². The van der Waals surface area contributed by atoms with E-state index in [2.05, 4.69) is 16.8 Å². The van der Waals surface area contributed by atoms with Gasteiger partial charge in [0.2, 0.25) is 5.91 Å². The van der Waals surface area contributed by atoms with Crippen molar-refractivity contribution in [2.45, 2.75) is 12.0 Å². The molecule has 1 N–H and O–H groups in total. The van der Waals surface area contributed by atoms with Crippen molar-refractivity contribution in [2.24, 2.45) is 0 Å². The third kappa shape index (κ3) is 4.41. The highest BCUT2D eigenvalue weighted by atomic mass is 32.1. The molecule has 1 amide bonds. The Morgan fingerprint density at radius 1 is 1.35 bits per heavy atom. The number of aliphatic hydroxyl groups is 1. The molecule has 1 aromatic heterocycles. The molecule has 126 valence electrons. The fourth-order valence-electron chi connectivity index (χ4n) is 3.24. The van der Waals surface area contributed by atoms with Crippen molar-refractivity contribution in [2.75, 3.05) is 52.9 Å². The number of hydrogen-bond acceptors (Lipinski definition) is 5. The van der Waals surface area contributed by atoms with E-state index in [0.29, 0.717) is 26.1 Å². The molecule has 0 aromatic carbocycles. The van der Waals surface area contributed by atoms with Gasteiger partial charge in [-0.15, -0.1) is 11.3 Å². The zero-order chi connectivity index (χ0) is 16.3. The second kappa shape index (κ2) is 7.13. The van der Waals surface area contributed by atoms with Gasteiger partial charge in [-0.1, -0.05) is 6.07 Å². The molecule has 5 nitrogen and oxygen atoms in total. The minimum absolute atomic E-state index is 0.00676. The molecular formula is C17H25N3O2S. The highest BCUT2D eigenvalue weighted by molar-refractivity contribution is 7.10. The summed E-state index contributed by atoms with van der Waals surface area (Å²) in [5, 5.41) is 12.8. The average molecular weight is 335 g/mol. The molecule has 0 unspecified atom stereocenters. The van der Waals surface area contributed by atoms with Gasteiger partial charge in [-0.2, -0.15) is 0 Å². The Bertz CT molecular complexity index is 552. The first-order valence-electron chi connectivity index (χ1n) is 8.18. The molecule has 2 aliphatic heterocycles. The smallest absolute Gasteiger partial charge is 0.246 e. The topological polar surface area (TPSA) is 47.0 Å².